The van der Waals surface area contributed by atoms with E-state index in [9.17, 15) is 5.11 Å². The molecule has 3 N–H and O–H groups in total. The van der Waals surface area contributed by atoms with Crippen LogP contribution in [0.3, 0.4) is 0 Å². The van der Waals surface area contributed by atoms with Crippen LogP contribution in [-0.4, -0.2) is 44.3 Å². The van der Waals surface area contributed by atoms with Gasteiger partial charge >= 0.3 is 0 Å². The van der Waals surface area contributed by atoms with E-state index in [4.69, 9.17) is 0 Å². The van der Waals surface area contributed by atoms with Crippen molar-refractivity contribution in [3.63, 3.8) is 0 Å². The number of hydrogen-bond acceptors (Lipinski definition) is 3. The van der Waals surface area contributed by atoms with E-state index < -0.39 is 6.10 Å². The van der Waals surface area contributed by atoms with Crippen molar-refractivity contribution in [1.29, 1.82) is 0 Å². The van der Waals surface area contributed by atoms with Crippen molar-refractivity contribution in [1.82, 2.24) is 10.6 Å². The summed E-state index contributed by atoms with van der Waals surface area (Å²) in [4.78, 5) is 6.92. The zero-order valence-corrected chi connectivity index (χ0v) is 17.1. The first-order valence-electron chi connectivity index (χ1n) is 10.2. The van der Waals surface area contributed by atoms with Gasteiger partial charge in [-0.1, -0.05) is 48.5 Å². The summed E-state index contributed by atoms with van der Waals surface area (Å²) in [6, 6.07) is 20.2. The number of aliphatic hydroxyl groups excluding tert-OH is 1. The second-order valence-electron chi connectivity index (χ2n) is 6.87. The quantitative estimate of drug-likeness (QED) is 0.316. The van der Waals surface area contributed by atoms with Gasteiger partial charge < -0.3 is 20.6 Å². The molecule has 2 rings (SSSR count). The molecule has 0 spiro atoms. The van der Waals surface area contributed by atoms with Crippen LogP contribution in [0.5, 0.6) is 0 Å². The predicted octanol–water partition coefficient (Wildman–Crippen LogP) is 3.58. The molecule has 0 aliphatic rings. The fourth-order valence-electron chi connectivity index (χ4n) is 2.97. The molecule has 2 aromatic carbocycles. The molecule has 0 radical (unpaired) electrons. The number of guanidine groups is 1. The first kappa shape index (κ1) is 21.8. The van der Waals surface area contributed by atoms with Gasteiger partial charge in [-0.15, -0.1) is 0 Å². The van der Waals surface area contributed by atoms with Crippen LogP contribution >= 0.6 is 0 Å². The summed E-state index contributed by atoms with van der Waals surface area (Å²) >= 11 is 0. The topological polar surface area (TPSA) is 59.9 Å². The lowest BCUT2D eigenvalue weighted by molar-refractivity contribution is 0.168. The zero-order chi connectivity index (χ0) is 20.0. The highest BCUT2D eigenvalue weighted by atomic mass is 16.3. The number of rotatable bonds is 11. The molecule has 0 aliphatic heterocycles. The van der Waals surface area contributed by atoms with Crippen LogP contribution in [-0.2, 0) is 0 Å². The van der Waals surface area contributed by atoms with E-state index in [1.807, 2.05) is 36.4 Å². The van der Waals surface area contributed by atoms with Crippen LogP contribution in [0.4, 0.5) is 5.69 Å². The lowest BCUT2D eigenvalue weighted by Crippen LogP contribution is -2.38. The van der Waals surface area contributed by atoms with Crippen molar-refractivity contribution in [3.05, 3.63) is 66.2 Å². The van der Waals surface area contributed by atoms with Crippen LogP contribution < -0.4 is 15.5 Å². The summed E-state index contributed by atoms with van der Waals surface area (Å²) in [5, 5.41) is 16.8. The summed E-state index contributed by atoms with van der Waals surface area (Å²) in [5.41, 5.74) is 2.20. The first-order valence-corrected chi connectivity index (χ1v) is 10.2. The Labute approximate surface area is 169 Å². The Morgan fingerprint density at radius 2 is 1.68 bits per heavy atom. The molecular weight excluding hydrogens is 348 g/mol. The highest BCUT2D eigenvalue weighted by molar-refractivity contribution is 5.79. The van der Waals surface area contributed by atoms with E-state index in [1.54, 1.807) is 0 Å². The van der Waals surface area contributed by atoms with E-state index in [1.165, 1.54) is 5.69 Å². The summed E-state index contributed by atoms with van der Waals surface area (Å²) in [6.45, 7) is 5.37. The number of aliphatic hydroxyl groups is 1. The molecule has 0 fully saturated rings. The summed E-state index contributed by atoms with van der Waals surface area (Å²) in [6.07, 6.45) is 2.34. The largest absolute Gasteiger partial charge is 0.388 e. The molecule has 0 aromatic heterocycles. The minimum atomic E-state index is -0.454. The van der Waals surface area contributed by atoms with E-state index in [2.05, 4.69) is 58.8 Å². The lowest BCUT2D eigenvalue weighted by atomic mass is 10.1. The molecule has 5 heteroatoms. The van der Waals surface area contributed by atoms with Gasteiger partial charge in [-0.3, -0.25) is 4.99 Å². The SMILES string of the molecule is CCNC(=NCCCCN(C)c1ccccc1)NCCC(O)c1ccccc1. The normalized spacial score (nSPS) is 12.5. The van der Waals surface area contributed by atoms with Crippen LogP contribution in [0, 0.1) is 0 Å². The number of nitrogens with one attached hydrogen (secondary N) is 2. The number of aliphatic imine (C=N–C) groups is 1. The number of unbranched alkanes of at least 4 members (excludes halogenated alkanes) is 1. The standard InChI is InChI=1S/C23H34N4O/c1-3-24-23(26-18-16-22(28)20-12-6-4-7-13-20)25-17-10-11-19-27(2)21-14-8-5-9-15-21/h4-9,12-15,22,28H,3,10-11,16-19H2,1-2H3,(H2,24,25,26). The van der Waals surface area contributed by atoms with Gasteiger partial charge in [-0.2, -0.15) is 0 Å². The van der Waals surface area contributed by atoms with Gasteiger partial charge in [0.25, 0.3) is 0 Å². The maximum Gasteiger partial charge on any atom is 0.191 e. The predicted molar refractivity (Wildman–Crippen MR) is 119 cm³/mol. The van der Waals surface area contributed by atoms with Crippen LogP contribution in [0.15, 0.2) is 65.7 Å². The number of para-hydroxylation sites is 1. The van der Waals surface area contributed by atoms with E-state index in [0.29, 0.717) is 13.0 Å². The smallest absolute Gasteiger partial charge is 0.191 e. The van der Waals surface area contributed by atoms with E-state index in [0.717, 1.165) is 44.0 Å². The van der Waals surface area contributed by atoms with E-state index >= 15 is 0 Å². The monoisotopic (exact) mass is 382 g/mol. The second kappa shape index (κ2) is 12.8. The Kier molecular flexibility index (Phi) is 9.94. The molecule has 28 heavy (non-hydrogen) atoms. The van der Waals surface area contributed by atoms with Gasteiger partial charge in [0.2, 0.25) is 0 Å². The average molecular weight is 383 g/mol. The Morgan fingerprint density at radius 3 is 2.36 bits per heavy atom. The molecule has 1 atom stereocenters. The van der Waals surface area contributed by atoms with Crippen molar-refractivity contribution in [2.24, 2.45) is 4.99 Å². The maximum absolute atomic E-state index is 10.3. The molecule has 0 saturated heterocycles. The summed E-state index contributed by atoms with van der Waals surface area (Å²) in [7, 11) is 2.13. The minimum Gasteiger partial charge on any atom is -0.388 e. The summed E-state index contributed by atoms with van der Waals surface area (Å²) < 4.78 is 0. The number of benzene rings is 2. The van der Waals surface area contributed by atoms with Gasteiger partial charge in [-0.05, 0) is 43.9 Å². The molecule has 0 amide bonds. The fraction of sp³-hybridized carbons (Fsp3) is 0.435. The number of hydrogen-bond donors (Lipinski definition) is 3. The van der Waals surface area contributed by atoms with Gasteiger partial charge in [0.15, 0.2) is 5.96 Å². The molecular formula is C23H34N4O. The Morgan fingerprint density at radius 1 is 1.00 bits per heavy atom. The second-order valence-corrected chi connectivity index (χ2v) is 6.87. The first-order chi connectivity index (χ1) is 13.7. The van der Waals surface area contributed by atoms with Crippen molar-refractivity contribution < 1.29 is 5.11 Å². The van der Waals surface area contributed by atoms with Gasteiger partial charge in [-0.25, -0.2) is 0 Å². The molecule has 0 bridgehead atoms. The lowest BCUT2D eigenvalue weighted by Gasteiger charge is -2.18. The molecule has 0 saturated carbocycles. The molecule has 1 unspecified atom stereocenters. The Balaban J connectivity index is 1.67. The fourth-order valence-corrected chi connectivity index (χ4v) is 2.97. The minimum absolute atomic E-state index is 0.454. The van der Waals surface area contributed by atoms with Crippen LogP contribution in [0.1, 0.15) is 37.9 Å². The highest BCUT2D eigenvalue weighted by Crippen LogP contribution is 2.15. The molecule has 0 aliphatic carbocycles. The van der Waals surface area contributed by atoms with Crippen molar-refractivity contribution >= 4 is 11.6 Å². The maximum atomic E-state index is 10.3. The van der Waals surface area contributed by atoms with Crippen molar-refractivity contribution in [2.75, 3.05) is 38.1 Å². The summed E-state index contributed by atoms with van der Waals surface area (Å²) in [5.74, 6) is 0.819. The van der Waals surface area contributed by atoms with Crippen LogP contribution in [0.25, 0.3) is 0 Å². The number of nitrogens with zero attached hydrogens (tertiary/aromatic N) is 2. The van der Waals surface area contributed by atoms with E-state index in [-0.39, 0.29) is 0 Å². The Bertz CT molecular complexity index is 676. The highest BCUT2D eigenvalue weighted by Gasteiger charge is 2.07. The third-order valence-corrected chi connectivity index (χ3v) is 4.61. The van der Waals surface area contributed by atoms with Crippen molar-refractivity contribution in [3.8, 4) is 0 Å². The zero-order valence-electron chi connectivity index (χ0n) is 17.1. The Hall–Kier alpha value is -2.53. The average Bonchev–Trinajstić information content (AvgIpc) is 2.74. The van der Waals surface area contributed by atoms with Crippen LogP contribution in [0.2, 0.25) is 0 Å². The molecule has 5 nitrogen and oxygen atoms in total. The van der Waals surface area contributed by atoms with Gasteiger partial charge in [0, 0.05) is 38.9 Å². The van der Waals surface area contributed by atoms with Crippen molar-refractivity contribution in [2.45, 2.75) is 32.3 Å². The molecule has 152 valence electrons. The molecule has 2 aromatic rings. The van der Waals surface area contributed by atoms with Gasteiger partial charge in [0.1, 0.15) is 0 Å². The third kappa shape index (κ3) is 8.01. The van der Waals surface area contributed by atoms with Gasteiger partial charge in [0.05, 0.1) is 6.10 Å². The molecule has 0 heterocycles. The third-order valence-electron chi connectivity index (χ3n) is 4.61. The number of anilines is 1.